The number of carboxylic acids is 1. The molecular formula is C13H18N4O3. The summed E-state index contributed by atoms with van der Waals surface area (Å²) < 4.78 is 1.62. The molecule has 0 aliphatic carbocycles. The van der Waals surface area contributed by atoms with Crippen molar-refractivity contribution in [2.45, 2.75) is 26.3 Å². The Morgan fingerprint density at radius 3 is 2.85 bits per heavy atom. The number of aliphatic hydroxyl groups is 1. The molecule has 0 fully saturated rings. The second-order valence-corrected chi connectivity index (χ2v) is 4.82. The monoisotopic (exact) mass is 278 g/mol. The van der Waals surface area contributed by atoms with E-state index in [-0.39, 0.29) is 18.2 Å². The van der Waals surface area contributed by atoms with Crippen LogP contribution in [0, 0.1) is 6.92 Å². The molecule has 20 heavy (non-hydrogen) atoms. The van der Waals surface area contributed by atoms with Gasteiger partial charge in [-0.05, 0) is 20.3 Å². The van der Waals surface area contributed by atoms with Crippen LogP contribution in [0.4, 0.5) is 5.69 Å². The molecule has 0 aliphatic heterocycles. The van der Waals surface area contributed by atoms with Gasteiger partial charge in [-0.25, -0.2) is 9.78 Å². The van der Waals surface area contributed by atoms with Gasteiger partial charge in [-0.3, -0.25) is 4.68 Å². The fourth-order valence-electron chi connectivity index (χ4n) is 2.24. The van der Waals surface area contributed by atoms with E-state index in [1.165, 1.54) is 6.20 Å². The van der Waals surface area contributed by atoms with Gasteiger partial charge in [0.05, 0.1) is 16.8 Å². The Balaban J connectivity index is 2.62. The Hall–Kier alpha value is -2.15. The molecule has 7 heteroatoms. The van der Waals surface area contributed by atoms with Gasteiger partial charge in [0.15, 0.2) is 5.65 Å². The lowest BCUT2D eigenvalue weighted by molar-refractivity contribution is 0.0697. The molecule has 0 spiro atoms. The Kier molecular flexibility index (Phi) is 3.89. The SMILES string of the molecule is Cc1nn(C)c2ncc(C(=O)O)c(NC(C)CCO)c12. The highest BCUT2D eigenvalue weighted by atomic mass is 16.4. The van der Waals surface area contributed by atoms with Gasteiger partial charge in [0, 0.05) is 25.9 Å². The molecule has 2 aromatic rings. The maximum absolute atomic E-state index is 11.4. The lowest BCUT2D eigenvalue weighted by Crippen LogP contribution is -2.19. The summed E-state index contributed by atoms with van der Waals surface area (Å²) in [7, 11) is 1.77. The van der Waals surface area contributed by atoms with Crippen molar-refractivity contribution in [1.82, 2.24) is 14.8 Å². The van der Waals surface area contributed by atoms with Crippen molar-refractivity contribution in [3.8, 4) is 0 Å². The van der Waals surface area contributed by atoms with Gasteiger partial charge in [0.1, 0.15) is 5.56 Å². The summed E-state index contributed by atoms with van der Waals surface area (Å²) in [6.45, 7) is 3.74. The molecule has 7 nitrogen and oxygen atoms in total. The first-order chi connectivity index (χ1) is 9.45. The molecule has 1 unspecified atom stereocenters. The van der Waals surface area contributed by atoms with Crippen LogP contribution in [0.2, 0.25) is 0 Å². The number of aromatic carboxylic acids is 1. The van der Waals surface area contributed by atoms with Gasteiger partial charge in [0.2, 0.25) is 0 Å². The van der Waals surface area contributed by atoms with Crippen LogP contribution in [-0.2, 0) is 7.05 Å². The van der Waals surface area contributed by atoms with E-state index in [9.17, 15) is 9.90 Å². The summed E-state index contributed by atoms with van der Waals surface area (Å²) in [5, 5.41) is 26.4. The molecule has 0 radical (unpaired) electrons. The summed E-state index contributed by atoms with van der Waals surface area (Å²) >= 11 is 0. The summed E-state index contributed by atoms with van der Waals surface area (Å²) in [6.07, 6.45) is 1.86. The summed E-state index contributed by atoms with van der Waals surface area (Å²) in [4.78, 5) is 15.5. The van der Waals surface area contributed by atoms with E-state index >= 15 is 0 Å². The first kappa shape index (κ1) is 14.3. The van der Waals surface area contributed by atoms with Crippen molar-refractivity contribution < 1.29 is 15.0 Å². The van der Waals surface area contributed by atoms with E-state index in [4.69, 9.17) is 5.11 Å². The molecule has 1 atom stereocenters. The molecule has 2 rings (SSSR count). The maximum atomic E-state index is 11.4. The minimum atomic E-state index is -1.04. The molecule has 0 amide bonds. The van der Waals surface area contributed by atoms with E-state index in [0.717, 1.165) is 5.69 Å². The number of rotatable bonds is 5. The minimum absolute atomic E-state index is 0.0385. The molecule has 0 aromatic carbocycles. The van der Waals surface area contributed by atoms with Gasteiger partial charge in [-0.2, -0.15) is 5.10 Å². The van der Waals surface area contributed by atoms with E-state index in [1.807, 2.05) is 13.8 Å². The fraction of sp³-hybridized carbons (Fsp3) is 0.462. The number of nitrogens with zero attached hydrogens (tertiary/aromatic N) is 3. The molecule has 3 N–H and O–H groups in total. The minimum Gasteiger partial charge on any atom is -0.478 e. The average molecular weight is 278 g/mol. The molecule has 2 heterocycles. The van der Waals surface area contributed by atoms with Crippen LogP contribution in [-0.4, -0.2) is 43.6 Å². The second-order valence-electron chi connectivity index (χ2n) is 4.82. The molecule has 0 aliphatic rings. The third kappa shape index (κ3) is 2.44. The maximum Gasteiger partial charge on any atom is 0.339 e. The highest BCUT2D eigenvalue weighted by molar-refractivity contribution is 6.04. The van der Waals surface area contributed by atoms with Crippen molar-refractivity contribution in [2.24, 2.45) is 7.05 Å². The zero-order valence-electron chi connectivity index (χ0n) is 11.7. The van der Waals surface area contributed by atoms with E-state index in [1.54, 1.807) is 11.7 Å². The lowest BCUT2D eigenvalue weighted by Gasteiger charge is -2.17. The highest BCUT2D eigenvalue weighted by Gasteiger charge is 2.20. The van der Waals surface area contributed by atoms with Crippen LogP contribution in [0.3, 0.4) is 0 Å². The van der Waals surface area contributed by atoms with E-state index in [2.05, 4.69) is 15.4 Å². The van der Waals surface area contributed by atoms with Gasteiger partial charge in [0.25, 0.3) is 0 Å². The third-order valence-electron chi connectivity index (χ3n) is 3.21. The van der Waals surface area contributed by atoms with Gasteiger partial charge in [-0.1, -0.05) is 0 Å². The van der Waals surface area contributed by atoms with Crippen molar-refractivity contribution in [1.29, 1.82) is 0 Å². The lowest BCUT2D eigenvalue weighted by atomic mass is 10.1. The largest absolute Gasteiger partial charge is 0.478 e. The summed E-state index contributed by atoms with van der Waals surface area (Å²) in [5.41, 5.74) is 1.97. The van der Waals surface area contributed by atoms with Crippen LogP contribution in [0.1, 0.15) is 29.4 Å². The van der Waals surface area contributed by atoms with Crippen LogP contribution in [0.5, 0.6) is 0 Å². The van der Waals surface area contributed by atoms with Gasteiger partial charge >= 0.3 is 5.97 Å². The topological polar surface area (TPSA) is 100 Å². The second kappa shape index (κ2) is 5.46. The standard InChI is InChI=1S/C13H18N4O3/c1-7(4-5-18)15-11-9(13(19)20)6-14-12-10(11)8(2)16-17(12)3/h6-7,18H,4-5H2,1-3H3,(H,14,15)(H,19,20). The zero-order valence-corrected chi connectivity index (χ0v) is 11.7. The van der Waals surface area contributed by atoms with Crippen LogP contribution < -0.4 is 5.32 Å². The number of hydrogen-bond acceptors (Lipinski definition) is 5. The van der Waals surface area contributed by atoms with E-state index < -0.39 is 5.97 Å². The fourth-order valence-corrected chi connectivity index (χ4v) is 2.24. The van der Waals surface area contributed by atoms with Gasteiger partial charge < -0.3 is 15.5 Å². The van der Waals surface area contributed by atoms with Crippen LogP contribution in [0.15, 0.2) is 6.20 Å². The zero-order chi connectivity index (χ0) is 14.9. The number of anilines is 1. The summed E-state index contributed by atoms with van der Waals surface area (Å²) in [6, 6.07) is -0.0525. The Labute approximate surface area is 116 Å². The number of carbonyl (C=O) groups is 1. The molecule has 0 saturated carbocycles. The first-order valence-corrected chi connectivity index (χ1v) is 6.38. The van der Waals surface area contributed by atoms with Crippen molar-refractivity contribution in [2.75, 3.05) is 11.9 Å². The Morgan fingerprint density at radius 1 is 1.55 bits per heavy atom. The number of fused-ring (bicyclic) bond motifs is 1. The number of pyridine rings is 1. The van der Waals surface area contributed by atoms with Crippen LogP contribution in [0.25, 0.3) is 11.0 Å². The Morgan fingerprint density at radius 2 is 2.25 bits per heavy atom. The Bertz CT molecular complexity index is 651. The number of aromatic nitrogens is 3. The highest BCUT2D eigenvalue weighted by Crippen LogP contribution is 2.29. The van der Waals surface area contributed by atoms with Crippen LogP contribution >= 0.6 is 0 Å². The number of aliphatic hydroxyl groups excluding tert-OH is 1. The molecular weight excluding hydrogens is 260 g/mol. The normalized spacial score (nSPS) is 12.6. The molecule has 0 bridgehead atoms. The number of carboxylic acid groups (broad SMARTS) is 1. The smallest absolute Gasteiger partial charge is 0.339 e. The number of nitrogens with one attached hydrogen (secondary N) is 1. The van der Waals surface area contributed by atoms with Gasteiger partial charge in [-0.15, -0.1) is 0 Å². The number of aryl methyl sites for hydroxylation is 2. The average Bonchev–Trinajstić information content (AvgIpc) is 2.65. The predicted molar refractivity (Wildman–Crippen MR) is 75.0 cm³/mol. The predicted octanol–water partition coefficient (Wildman–Crippen LogP) is 1.16. The van der Waals surface area contributed by atoms with Crippen molar-refractivity contribution in [3.63, 3.8) is 0 Å². The summed E-state index contributed by atoms with van der Waals surface area (Å²) in [5.74, 6) is -1.04. The van der Waals surface area contributed by atoms with Crippen molar-refractivity contribution >= 4 is 22.7 Å². The third-order valence-corrected chi connectivity index (χ3v) is 3.21. The molecule has 0 saturated heterocycles. The van der Waals surface area contributed by atoms with Crippen molar-refractivity contribution in [3.05, 3.63) is 17.5 Å². The quantitative estimate of drug-likeness (QED) is 0.758. The van der Waals surface area contributed by atoms with E-state index in [0.29, 0.717) is 23.1 Å². The molecule has 108 valence electrons. The number of hydrogen-bond donors (Lipinski definition) is 3. The first-order valence-electron chi connectivity index (χ1n) is 6.38. The molecule has 2 aromatic heterocycles.